The zero-order valence-electron chi connectivity index (χ0n) is 9.69. The zero-order chi connectivity index (χ0) is 12.3. The van der Waals surface area contributed by atoms with Crippen molar-refractivity contribution in [3.05, 3.63) is 0 Å². The summed E-state index contributed by atoms with van der Waals surface area (Å²) in [6.45, 7) is 3.83. The van der Waals surface area contributed by atoms with Crippen molar-refractivity contribution in [1.29, 1.82) is 5.26 Å². The molecule has 90 valence electrons. The third-order valence-electron chi connectivity index (χ3n) is 3.22. The van der Waals surface area contributed by atoms with Crippen LogP contribution in [0.4, 0.5) is 4.39 Å². The van der Waals surface area contributed by atoms with Gasteiger partial charge in [-0.2, -0.15) is 5.26 Å². The number of halogens is 1. The average Bonchev–Trinajstić information content (AvgIpc) is 2.67. The van der Waals surface area contributed by atoms with E-state index in [-0.39, 0.29) is 24.8 Å². The highest BCUT2D eigenvalue weighted by molar-refractivity contribution is 5.83. The molecule has 2 N–H and O–H groups in total. The van der Waals surface area contributed by atoms with Crippen LogP contribution in [0.2, 0.25) is 0 Å². The van der Waals surface area contributed by atoms with Gasteiger partial charge in [0.25, 0.3) is 0 Å². The molecule has 1 fully saturated rings. The Bertz CT molecular complexity index is 302. The van der Waals surface area contributed by atoms with Crippen molar-refractivity contribution in [2.75, 3.05) is 6.54 Å². The highest BCUT2D eigenvalue weighted by Gasteiger charge is 2.38. The largest absolute Gasteiger partial charge is 0.322 e. The molecule has 0 aromatic carbocycles. The number of rotatable bonds is 3. The van der Waals surface area contributed by atoms with Gasteiger partial charge in [-0.05, 0) is 5.92 Å². The van der Waals surface area contributed by atoms with Gasteiger partial charge in [-0.15, -0.1) is 0 Å². The van der Waals surface area contributed by atoms with Gasteiger partial charge in [-0.1, -0.05) is 20.3 Å². The number of nitrogens with zero attached hydrogens (tertiary/aromatic N) is 2. The van der Waals surface area contributed by atoms with Crippen molar-refractivity contribution in [2.24, 2.45) is 11.7 Å². The van der Waals surface area contributed by atoms with E-state index in [4.69, 9.17) is 11.0 Å². The summed E-state index contributed by atoms with van der Waals surface area (Å²) in [6, 6.07) is 0.658. The molecule has 16 heavy (non-hydrogen) atoms. The lowest BCUT2D eigenvalue weighted by molar-refractivity contribution is -0.133. The van der Waals surface area contributed by atoms with E-state index in [1.165, 1.54) is 4.90 Å². The van der Waals surface area contributed by atoms with Crippen molar-refractivity contribution in [3.8, 4) is 6.07 Å². The molecule has 1 rings (SSSR count). The Kier molecular flexibility index (Phi) is 4.25. The summed E-state index contributed by atoms with van der Waals surface area (Å²) in [7, 11) is 0. The lowest BCUT2D eigenvalue weighted by Gasteiger charge is -2.25. The van der Waals surface area contributed by atoms with E-state index in [0.29, 0.717) is 0 Å². The number of nitriles is 1. The van der Waals surface area contributed by atoms with E-state index < -0.39 is 18.3 Å². The SMILES string of the molecule is CCC(C)[C@H](N)C(=O)N1C[C@@H](F)C[C@H]1C#N. The van der Waals surface area contributed by atoms with Crippen LogP contribution in [0.15, 0.2) is 0 Å². The summed E-state index contributed by atoms with van der Waals surface area (Å²) >= 11 is 0. The fourth-order valence-electron chi connectivity index (χ4n) is 1.84. The highest BCUT2D eigenvalue weighted by atomic mass is 19.1. The molecule has 0 aromatic rings. The summed E-state index contributed by atoms with van der Waals surface area (Å²) in [5.74, 6) is -0.258. The lowest BCUT2D eigenvalue weighted by atomic mass is 9.99. The maximum Gasteiger partial charge on any atom is 0.240 e. The van der Waals surface area contributed by atoms with Gasteiger partial charge in [0.05, 0.1) is 18.7 Å². The summed E-state index contributed by atoms with van der Waals surface area (Å²) in [4.78, 5) is 13.2. The molecule has 1 amide bonds. The van der Waals surface area contributed by atoms with Crippen LogP contribution in [0, 0.1) is 17.2 Å². The number of amides is 1. The van der Waals surface area contributed by atoms with Crippen LogP contribution in [0.25, 0.3) is 0 Å². The van der Waals surface area contributed by atoms with Crippen LogP contribution in [-0.4, -0.2) is 35.6 Å². The van der Waals surface area contributed by atoms with Crippen molar-refractivity contribution in [2.45, 2.75) is 44.9 Å². The number of hydrogen-bond acceptors (Lipinski definition) is 3. The van der Waals surface area contributed by atoms with E-state index >= 15 is 0 Å². The van der Waals surface area contributed by atoms with Crippen LogP contribution >= 0.6 is 0 Å². The molecule has 1 aliphatic rings. The first-order valence-corrected chi connectivity index (χ1v) is 5.61. The first-order valence-electron chi connectivity index (χ1n) is 5.61. The van der Waals surface area contributed by atoms with Crippen LogP contribution in [0.1, 0.15) is 26.7 Å². The van der Waals surface area contributed by atoms with Gasteiger partial charge < -0.3 is 10.6 Å². The average molecular weight is 227 g/mol. The highest BCUT2D eigenvalue weighted by Crippen LogP contribution is 2.22. The first-order chi connectivity index (χ1) is 7.51. The fourth-order valence-corrected chi connectivity index (χ4v) is 1.84. The van der Waals surface area contributed by atoms with Gasteiger partial charge in [0.2, 0.25) is 5.91 Å². The summed E-state index contributed by atoms with van der Waals surface area (Å²) in [5.41, 5.74) is 5.79. The third-order valence-corrected chi connectivity index (χ3v) is 3.22. The number of alkyl halides is 1. The standard InChI is InChI=1S/C11H18FN3O/c1-3-7(2)10(14)11(16)15-6-8(12)4-9(15)5-13/h7-10H,3-4,6,14H2,1-2H3/t7?,8-,9-,10-/m0/s1. The second-order valence-corrected chi connectivity index (χ2v) is 4.38. The first kappa shape index (κ1) is 12.9. The molecule has 4 nitrogen and oxygen atoms in total. The van der Waals surface area contributed by atoms with Crippen LogP contribution in [-0.2, 0) is 4.79 Å². The van der Waals surface area contributed by atoms with Crippen molar-refractivity contribution in [1.82, 2.24) is 4.90 Å². The molecule has 1 heterocycles. The quantitative estimate of drug-likeness (QED) is 0.776. The van der Waals surface area contributed by atoms with Crippen LogP contribution in [0.5, 0.6) is 0 Å². The van der Waals surface area contributed by atoms with Gasteiger partial charge in [0.15, 0.2) is 0 Å². The number of hydrogen-bond donors (Lipinski definition) is 1. The Balaban J connectivity index is 2.70. The monoisotopic (exact) mass is 227 g/mol. The minimum Gasteiger partial charge on any atom is -0.322 e. The van der Waals surface area contributed by atoms with Gasteiger partial charge >= 0.3 is 0 Å². The van der Waals surface area contributed by atoms with Gasteiger partial charge in [-0.25, -0.2) is 4.39 Å². The Morgan fingerprint density at radius 1 is 1.75 bits per heavy atom. The molecule has 0 aliphatic carbocycles. The number of carbonyl (C=O) groups is 1. The minimum absolute atomic E-state index is 0.00118. The molecule has 0 radical (unpaired) electrons. The number of likely N-dealkylation sites (tertiary alicyclic amines) is 1. The van der Waals surface area contributed by atoms with Crippen molar-refractivity contribution >= 4 is 5.91 Å². The molecule has 1 aliphatic heterocycles. The Morgan fingerprint density at radius 3 is 2.88 bits per heavy atom. The molecule has 5 heteroatoms. The predicted octanol–water partition coefficient (Wildman–Crippen LogP) is 0.822. The summed E-state index contributed by atoms with van der Waals surface area (Å²) in [5, 5.41) is 8.83. The molecule has 1 unspecified atom stereocenters. The maximum atomic E-state index is 13.1. The summed E-state index contributed by atoms with van der Waals surface area (Å²) < 4.78 is 13.1. The lowest BCUT2D eigenvalue weighted by Crippen LogP contribution is -2.48. The van der Waals surface area contributed by atoms with E-state index in [9.17, 15) is 9.18 Å². The molecule has 0 saturated carbocycles. The van der Waals surface area contributed by atoms with E-state index in [1.54, 1.807) is 0 Å². The number of nitrogens with two attached hydrogens (primary N) is 1. The molecular formula is C11H18FN3O. The maximum absolute atomic E-state index is 13.1. The number of carbonyl (C=O) groups excluding carboxylic acids is 1. The predicted molar refractivity (Wildman–Crippen MR) is 58.1 cm³/mol. The second kappa shape index (κ2) is 5.26. The van der Waals surface area contributed by atoms with E-state index in [1.807, 2.05) is 19.9 Å². The van der Waals surface area contributed by atoms with Crippen molar-refractivity contribution in [3.63, 3.8) is 0 Å². The summed E-state index contributed by atoms with van der Waals surface area (Å²) in [6.07, 6.45) is -0.204. The van der Waals surface area contributed by atoms with Gasteiger partial charge in [-0.3, -0.25) is 4.79 Å². The van der Waals surface area contributed by atoms with E-state index in [0.717, 1.165) is 6.42 Å². The molecule has 0 aromatic heterocycles. The van der Waals surface area contributed by atoms with Gasteiger partial charge in [0.1, 0.15) is 12.2 Å². The normalized spacial score (nSPS) is 28.6. The Morgan fingerprint density at radius 2 is 2.38 bits per heavy atom. The molecule has 1 saturated heterocycles. The van der Waals surface area contributed by atoms with Crippen LogP contribution < -0.4 is 5.73 Å². The fraction of sp³-hybridized carbons (Fsp3) is 0.818. The Labute approximate surface area is 95.2 Å². The zero-order valence-corrected chi connectivity index (χ0v) is 9.69. The molecular weight excluding hydrogens is 209 g/mol. The molecule has 0 spiro atoms. The van der Waals surface area contributed by atoms with Gasteiger partial charge in [0, 0.05) is 6.42 Å². The Hall–Kier alpha value is -1.15. The second-order valence-electron chi connectivity index (χ2n) is 4.38. The third kappa shape index (κ3) is 2.50. The van der Waals surface area contributed by atoms with E-state index in [2.05, 4.69) is 0 Å². The molecule has 0 bridgehead atoms. The van der Waals surface area contributed by atoms with Crippen LogP contribution in [0.3, 0.4) is 0 Å². The topological polar surface area (TPSA) is 70.1 Å². The minimum atomic E-state index is -1.10. The molecule has 4 atom stereocenters. The van der Waals surface area contributed by atoms with Crippen molar-refractivity contribution < 1.29 is 9.18 Å². The smallest absolute Gasteiger partial charge is 0.240 e.